The highest BCUT2D eigenvalue weighted by Crippen LogP contribution is 2.32. The monoisotopic (exact) mass is 230 g/mol. The maximum Gasteiger partial charge on any atom is 0.0933 e. The Morgan fingerprint density at radius 3 is 2.71 bits per heavy atom. The summed E-state index contributed by atoms with van der Waals surface area (Å²) in [7, 11) is 0. The molecule has 1 aliphatic rings. The summed E-state index contributed by atoms with van der Waals surface area (Å²) in [6, 6.07) is 12.4. The molecule has 0 spiro atoms. The molecule has 90 valence electrons. The van der Waals surface area contributed by atoms with E-state index in [1.54, 1.807) is 0 Å². The Morgan fingerprint density at radius 2 is 2.12 bits per heavy atom. The molecular formula is C14H18N2O. The number of benzene rings is 1. The molecule has 0 aliphatic heterocycles. The first kappa shape index (κ1) is 12.1. The van der Waals surface area contributed by atoms with Gasteiger partial charge in [-0.25, -0.2) is 5.48 Å². The third-order valence-corrected chi connectivity index (χ3v) is 3.37. The summed E-state index contributed by atoms with van der Waals surface area (Å²) in [5, 5.41) is 9.03. The van der Waals surface area contributed by atoms with Gasteiger partial charge >= 0.3 is 0 Å². The summed E-state index contributed by atoms with van der Waals surface area (Å²) in [4.78, 5) is 5.37. The second kappa shape index (κ2) is 6.39. The molecular weight excluding hydrogens is 212 g/mol. The van der Waals surface area contributed by atoms with Gasteiger partial charge in [0.25, 0.3) is 0 Å². The molecule has 0 radical (unpaired) electrons. The maximum absolute atomic E-state index is 9.03. The molecule has 1 saturated carbocycles. The summed E-state index contributed by atoms with van der Waals surface area (Å²) in [6.07, 6.45) is 3.66. The predicted molar refractivity (Wildman–Crippen MR) is 65.7 cm³/mol. The van der Waals surface area contributed by atoms with Crippen molar-refractivity contribution >= 4 is 0 Å². The number of nitrogens with one attached hydrogen (secondary N) is 1. The zero-order chi connectivity index (χ0) is 11.9. The van der Waals surface area contributed by atoms with E-state index in [1.807, 2.05) is 30.3 Å². The number of nitriles is 1. The van der Waals surface area contributed by atoms with Crippen molar-refractivity contribution in [3.05, 3.63) is 35.9 Å². The SMILES string of the molecule is N#CC(CNOCc1ccccc1)C1CCC1. The van der Waals surface area contributed by atoms with Crippen molar-refractivity contribution in [2.24, 2.45) is 11.8 Å². The maximum atomic E-state index is 9.03. The number of hydrogen-bond acceptors (Lipinski definition) is 3. The van der Waals surface area contributed by atoms with Crippen LogP contribution in [0.5, 0.6) is 0 Å². The van der Waals surface area contributed by atoms with Crippen molar-refractivity contribution in [2.75, 3.05) is 6.54 Å². The van der Waals surface area contributed by atoms with Crippen LogP contribution in [0.25, 0.3) is 0 Å². The molecule has 0 aromatic heterocycles. The summed E-state index contributed by atoms with van der Waals surface area (Å²) in [5.74, 6) is 0.673. The van der Waals surface area contributed by atoms with E-state index in [-0.39, 0.29) is 5.92 Å². The van der Waals surface area contributed by atoms with Gasteiger partial charge in [0.1, 0.15) is 0 Å². The van der Waals surface area contributed by atoms with E-state index in [4.69, 9.17) is 10.1 Å². The van der Waals surface area contributed by atoms with E-state index in [2.05, 4.69) is 11.5 Å². The van der Waals surface area contributed by atoms with Gasteiger partial charge in [0, 0.05) is 6.54 Å². The lowest BCUT2D eigenvalue weighted by atomic mass is 9.76. The zero-order valence-electron chi connectivity index (χ0n) is 9.93. The van der Waals surface area contributed by atoms with Crippen molar-refractivity contribution in [3.63, 3.8) is 0 Å². The molecule has 1 aliphatic carbocycles. The average molecular weight is 230 g/mol. The highest BCUT2D eigenvalue weighted by atomic mass is 16.6. The van der Waals surface area contributed by atoms with Gasteiger partial charge in [-0.3, -0.25) is 4.84 Å². The fourth-order valence-corrected chi connectivity index (χ4v) is 2.02. The minimum absolute atomic E-state index is 0.0968. The van der Waals surface area contributed by atoms with E-state index in [0.717, 1.165) is 5.56 Å². The Labute approximate surface area is 102 Å². The number of rotatable bonds is 6. The highest BCUT2D eigenvalue weighted by Gasteiger charge is 2.26. The van der Waals surface area contributed by atoms with Crippen LogP contribution < -0.4 is 5.48 Å². The molecule has 3 heteroatoms. The molecule has 17 heavy (non-hydrogen) atoms. The van der Waals surface area contributed by atoms with Crippen LogP contribution in [0, 0.1) is 23.2 Å². The Kier molecular flexibility index (Phi) is 4.54. The average Bonchev–Trinajstić information content (AvgIpc) is 2.32. The molecule has 0 bridgehead atoms. The van der Waals surface area contributed by atoms with E-state index >= 15 is 0 Å². The molecule has 2 rings (SSSR count). The summed E-state index contributed by atoms with van der Waals surface area (Å²) >= 11 is 0. The molecule has 0 heterocycles. The van der Waals surface area contributed by atoms with Crippen LogP contribution in [0.1, 0.15) is 24.8 Å². The standard InChI is InChI=1S/C14H18N2O/c15-9-14(13-7-4-8-13)10-16-17-11-12-5-2-1-3-6-12/h1-3,5-6,13-14,16H,4,7-8,10-11H2. The Morgan fingerprint density at radius 1 is 1.35 bits per heavy atom. The van der Waals surface area contributed by atoms with Crippen molar-refractivity contribution in [1.82, 2.24) is 5.48 Å². The summed E-state index contributed by atoms with van der Waals surface area (Å²) < 4.78 is 0. The molecule has 1 fully saturated rings. The van der Waals surface area contributed by atoms with Crippen LogP contribution >= 0.6 is 0 Å². The van der Waals surface area contributed by atoms with Gasteiger partial charge in [-0.1, -0.05) is 36.8 Å². The minimum atomic E-state index is 0.0968. The summed E-state index contributed by atoms with van der Waals surface area (Å²) in [5.41, 5.74) is 4.05. The molecule has 1 N–H and O–H groups in total. The van der Waals surface area contributed by atoms with Gasteiger partial charge in [-0.05, 0) is 24.3 Å². The number of hydroxylamine groups is 1. The molecule has 1 aromatic rings. The van der Waals surface area contributed by atoms with E-state index in [9.17, 15) is 0 Å². The van der Waals surface area contributed by atoms with Gasteiger partial charge < -0.3 is 0 Å². The molecule has 1 aromatic carbocycles. The van der Waals surface area contributed by atoms with Crippen molar-refractivity contribution in [2.45, 2.75) is 25.9 Å². The lowest BCUT2D eigenvalue weighted by molar-refractivity contribution is 0.0157. The smallest absolute Gasteiger partial charge is 0.0933 e. The predicted octanol–water partition coefficient (Wildman–Crippen LogP) is 2.65. The van der Waals surface area contributed by atoms with Gasteiger partial charge in [0.15, 0.2) is 0 Å². The van der Waals surface area contributed by atoms with Crippen LogP contribution in [0.2, 0.25) is 0 Å². The summed E-state index contributed by atoms with van der Waals surface area (Å²) in [6.45, 7) is 1.18. The van der Waals surface area contributed by atoms with E-state index < -0.39 is 0 Å². The number of nitrogens with zero attached hydrogens (tertiary/aromatic N) is 1. The highest BCUT2D eigenvalue weighted by molar-refractivity contribution is 5.13. The third-order valence-electron chi connectivity index (χ3n) is 3.37. The van der Waals surface area contributed by atoms with E-state index in [0.29, 0.717) is 19.1 Å². The third kappa shape index (κ3) is 3.55. The van der Waals surface area contributed by atoms with E-state index in [1.165, 1.54) is 19.3 Å². The van der Waals surface area contributed by atoms with Crippen molar-refractivity contribution < 1.29 is 4.84 Å². The van der Waals surface area contributed by atoms with Crippen molar-refractivity contribution in [1.29, 1.82) is 5.26 Å². The lowest BCUT2D eigenvalue weighted by Gasteiger charge is -2.29. The number of hydrogen-bond donors (Lipinski definition) is 1. The van der Waals surface area contributed by atoms with Crippen LogP contribution in [0.3, 0.4) is 0 Å². The first-order valence-electron chi connectivity index (χ1n) is 6.18. The Bertz CT molecular complexity index is 368. The minimum Gasteiger partial charge on any atom is -0.297 e. The van der Waals surface area contributed by atoms with Crippen LogP contribution in [0.4, 0.5) is 0 Å². The first-order chi connectivity index (χ1) is 8.40. The van der Waals surface area contributed by atoms with Gasteiger partial charge in [0.2, 0.25) is 0 Å². The van der Waals surface area contributed by atoms with Gasteiger partial charge in [-0.15, -0.1) is 0 Å². The Hall–Kier alpha value is -1.37. The molecule has 0 amide bonds. The molecule has 1 atom stereocenters. The fraction of sp³-hybridized carbons (Fsp3) is 0.500. The quantitative estimate of drug-likeness (QED) is 0.603. The van der Waals surface area contributed by atoms with Crippen molar-refractivity contribution in [3.8, 4) is 6.07 Å². The largest absolute Gasteiger partial charge is 0.297 e. The van der Waals surface area contributed by atoms with Gasteiger partial charge in [0.05, 0.1) is 18.6 Å². The zero-order valence-corrected chi connectivity index (χ0v) is 9.93. The van der Waals surface area contributed by atoms with Crippen LogP contribution in [0.15, 0.2) is 30.3 Å². The fourth-order valence-electron chi connectivity index (χ4n) is 2.02. The topological polar surface area (TPSA) is 45.0 Å². The van der Waals surface area contributed by atoms with Gasteiger partial charge in [-0.2, -0.15) is 5.26 Å². The second-order valence-electron chi connectivity index (χ2n) is 4.55. The second-order valence-corrected chi connectivity index (χ2v) is 4.55. The van der Waals surface area contributed by atoms with Crippen LogP contribution in [-0.4, -0.2) is 6.54 Å². The first-order valence-corrected chi connectivity index (χ1v) is 6.18. The Balaban J connectivity index is 1.64. The molecule has 1 unspecified atom stereocenters. The lowest BCUT2D eigenvalue weighted by Crippen LogP contribution is -2.30. The normalized spacial score (nSPS) is 17.1. The molecule has 0 saturated heterocycles. The molecule has 3 nitrogen and oxygen atoms in total. The van der Waals surface area contributed by atoms with Crippen LogP contribution in [-0.2, 0) is 11.4 Å².